The highest BCUT2D eigenvalue weighted by atomic mass is 16.4. The summed E-state index contributed by atoms with van der Waals surface area (Å²) in [7, 11) is 0. The van der Waals surface area contributed by atoms with Gasteiger partial charge in [0.2, 0.25) is 0 Å². The van der Waals surface area contributed by atoms with Crippen LogP contribution in [0.15, 0.2) is 30.4 Å². The average Bonchev–Trinajstić information content (AvgIpc) is 2.38. The molecule has 2 N–H and O–H groups in total. The van der Waals surface area contributed by atoms with Crippen molar-refractivity contribution < 1.29 is 9.90 Å². The molecule has 18 heavy (non-hydrogen) atoms. The van der Waals surface area contributed by atoms with Crippen LogP contribution in [0.5, 0.6) is 0 Å². The first kappa shape index (κ1) is 12.7. The van der Waals surface area contributed by atoms with Crippen LogP contribution in [-0.4, -0.2) is 17.6 Å². The zero-order valence-corrected chi connectivity index (χ0v) is 10.6. The number of anilines is 1. The van der Waals surface area contributed by atoms with E-state index in [9.17, 15) is 4.79 Å². The van der Waals surface area contributed by atoms with Gasteiger partial charge in [0, 0.05) is 12.2 Å². The number of rotatable bonds is 4. The summed E-state index contributed by atoms with van der Waals surface area (Å²) in [5.41, 5.74) is 2.37. The first-order valence-corrected chi connectivity index (χ1v) is 6.39. The van der Waals surface area contributed by atoms with Crippen LogP contribution in [0.4, 0.5) is 5.69 Å². The molecule has 0 saturated heterocycles. The Bertz CT molecular complexity index is 466. The summed E-state index contributed by atoms with van der Waals surface area (Å²) in [6.07, 6.45) is 8.03. The molecule has 1 aromatic carbocycles. The molecule has 1 aliphatic carbocycles. The molecule has 3 heteroatoms. The van der Waals surface area contributed by atoms with Gasteiger partial charge in [-0.05, 0) is 55.9 Å². The fourth-order valence-electron chi connectivity index (χ4n) is 2.29. The van der Waals surface area contributed by atoms with E-state index in [1.165, 1.54) is 12.8 Å². The molecule has 1 aromatic rings. The SMILES string of the molecule is Cc1cc(C(=O)O)ccc1NCC1CC=CCC1. The van der Waals surface area contributed by atoms with Gasteiger partial charge in [-0.3, -0.25) is 0 Å². The number of nitrogens with one attached hydrogen (secondary N) is 1. The molecule has 1 atom stereocenters. The van der Waals surface area contributed by atoms with E-state index >= 15 is 0 Å². The number of carbonyl (C=O) groups is 1. The highest BCUT2D eigenvalue weighted by Gasteiger charge is 2.10. The van der Waals surface area contributed by atoms with Crippen molar-refractivity contribution >= 4 is 11.7 Å². The van der Waals surface area contributed by atoms with Crippen molar-refractivity contribution in [2.75, 3.05) is 11.9 Å². The molecule has 1 unspecified atom stereocenters. The Morgan fingerprint density at radius 2 is 2.28 bits per heavy atom. The Balaban J connectivity index is 1.97. The van der Waals surface area contributed by atoms with Crippen LogP contribution >= 0.6 is 0 Å². The van der Waals surface area contributed by atoms with E-state index < -0.39 is 5.97 Å². The van der Waals surface area contributed by atoms with E-state index in [0.29, 0.717) is 11.5 Å². The van der Waals surface area contributed by atoms with Gasteiger partial charge in [-0.25, -0.2) is 4.79 Å². The molecule has 0 aromatic heterocycles. The fourth-order valence-corrected chi connectivity index (χ4v) is 2.29. The van der Waals surface area contributed by atoms with Crippen LogP contribution in [0, 0.1) is 12.8 Å². The molecule has 2 rings (SSSR count). The quantitative estimate of drug-likeness (QED) is 0.799. The summed E-state index contributed by atoms with van der Waals surface area (Å²) in [4.78, 5) is 10.8. The number of carboxylic acids is 1. The Morgan fingerprint density at radius 1 is 1.44 bits per heavy atom. The van der Waals surface area contributed by atoms with Crippen molar-refractivity contribution in [3.8, 4) is 0 Å². The number of aryl methyl sites for hydroxylation is 1. The highest BCUT2D eigenvalue weighted by Crippen LogP contribution is 2.21. The van der Waals surface area contributed by atoms with Crippen LogP contribution in [0.2, 0.25) is 0 Å². The van der Waals surface area contributed by atoms with E-state index in [1.807, 2.05) is 13.0 Å². The molecule has 96 valence electrons. The van der Waals surface area contributed by atoms with Crippen molar-refractivity contribution in [3.05, 3.63) is 41.5 Å². The van der Waals surface area contributed by atoms with Crippen LogP contribution in [0.3, 0.4) is 0 Å². The predicted molar refractivity (Wildman–Crippen MR) is 73.1 cm³/mol. The van der Waals surface area contributed by atoms with Gasteiger partial charge in [0.15, 0.2) is 0 Å². The van der Waals surface area contributed by atoms with Crippen LogP contribution in [0.25, 0.3) is 0 Å². The molecule has 3 nitrogen and oxygen atoms in total. The largest absolute Gasteiger partial charge is 0.478 e. The van der Waals surface area contributed by atoms with Gasteiger partial charge in [-0.15, -0.1) is 0 Å². The highest BCUT2D eigenvalue weighted by molar-refractivity contribution is 5.88. The third-order valence-corrected chi connectivity index (χ3v) is 3.43. The van der Waals surface area contributed by atoms with Gasteiger partial charge in [-0.2, -0.15) is 0 Å². The van der Waals surface area contributed by atoms with Gasteiger partial charge < -0.3 is 10.4 Å². The van der Waals surface area contributed by atoms with Crippen LogP contribution in [0.1, 0.15) is 35.2 Å². The maximum atomic E-state index is 10.8. The van der Waals surface area contributed by atoms with Crippen molar-refractivity contribution in [1.29, 1.82) is 0 Å². The average molecular weight is 245 g/mol. The lowest BCUT2D eigenvalue weighted by molar-refractivity contribution is 0.0697. The Labute approximate surface area is 108 Å². The van der Waals surface area contributed by atoms with E-state index in [0.717, 1.165) is 24.2 Å². The first-order valence-electron chi connectivity index (χ1n) is 6.39. The molecule has 1 aliphatic rings. The van der Waals surface area contributed by atoms with Gasteiger partial charge in [0.25, 0.3) is 0 Å². The van der Waals surface area contributed by atoms with Gasteiger partial charge in [-0.1, -0.05) is 12.2 Å². The maximum absolute atomic E-state index is 10.8. The molecule has 0 spiro atoms. The summed E-state index contributed by atoms with van der Waals surface area (Å²) in [5.74, 6) is -0.185. The lowest BCUT2D eigenvalue weighted by atomic mass is 9.94. The molecule has 0 bridgehead atoms. The minimum absolute atomic E-state index is 0.346. The van der Waals surface area contributed by atoms with Crippen LogP contribution in [-0.2, 0) is 0 Å². The predicted octanol–water partition coefficient (Wildman–Crippen LogP) is 3.46. The molecule has 0 saturated carbocycles. The normalized spacial score (nSPS) is 18.6. The molecule has 0 amide bonds. The smallest absolute Gasteiger partial charge is 0.335 e. The lowest BCUT2D eigenvalue weighted by Crippen LogP contribution is -2.16. The van der Waals surface area contributed by atoms with Crippen LogP contribution < -0.4 is 5.32 Å². The van der Waals surface area contributed by atoms with E-state index in [-0.39, 0.29) is 0 Å². The number of hydrogen-bond donors (Lipinski definition) is 2. The summed E-state index contributed by atoms with van der Waals surface area (Å²) in [6, 6.07) is 5.22. The van der Waals surface area contributed by atoms with Gasteiger partial charge in [0.1, 0.15) is 0 Å². The second-order valence-electron chi connectivity index (χ2n) is 4.87. The maximum Gasteiger partial charge on any atom is 0.335 e. The Hall–Kier alpha value is -1.77. The molecule has 0 aliphatic heterocycles. The van der Waals surface area contributed by atoms with Crippen molar-refractivity contribution in [2.45, 2.75) is 26.2 Å². The third kappa shape index (κ3) is 3.13. The first-order chi connectivity index (χ1) is 8.66. The second-order valence-corrected chi connectivity index (χ2v) is 4.87. The van der Waals surface area contributed by atoms with Crippen molar-refractivity contribution in [2.24, 2.45) is 5.92 Å². The standard InChI is InChI=1S/C15H19NO2/c1-11-9-13(15(17)18)7-8-14(11)16-10-12-5-3-2-4-6-12/h2-3,7-9,12,16H,4-6,10H2,1H3,(H,17,18). The zero-order valence-electron chi connectivity index (χ0n) is 10.6. The second kappa shape index (κ2) is 5.71. The Kier molecular flexibility index (Phi) is 4.03. The number of benzene rings is 1. The minimum atomic E-state index is -0.873. The number of hydrogen-bond acceptors (Lipinski definition) is 2. The summed E-state index contributed by atoms with van der Waals surface area (Å²) >= 11 is 0. The topological polar surface area (TPSA) is 49.3 Å². The number of allylic oxidation sites excluding steroid dienone is 2. The van der Waals surface area contributed by atoms with E-state index in [4.69, 9.17) is 5.11 Å². The van der Waals surface area contributed by atoms with Crippen molar-refractivity contribution in [3.63, 3.8) is 0 Å². The molecular formula is C15H19NO2. The third-order valence-electron chi connectivity index (χ3n) is 3.43. The van der Waals surface area contributed by atoms with Gasteiger partial charge >= 0.3 is 5.97 Å². The monoisotopic (exact) mass is 245 g/mol. The summed E-state index contributed by atoms with van der Waals surface area (Å²) < 4.78 is 0. The van der Waals surface area contributed by atoms with Gasteiger partial charge in [0.05, 0.1) is 5.56 Å². The lowest BCUT2D eigenvalue weighted by Gasteiger charge is -2.19. The summed E-state index contributed by atoms with van der Waals surface area (Å²) in [5, 5.41) is 12.3. The Morgan fingerprint density at radius 3 is 2.89 bits per heavy atom. The molecule has 0 heterocycles. The number of carboxylic acid groups (broad SMARTS) is 1. The van der Waals surface area contributed by atoms with E-state index in [2.05, 4.69) is 17.5 Å². The summed E-state index contributed by atoms with van der Waals surface area (Å²) in [6.45, 7) is 2.90. The van der Waals surface area contributed by atoms with E-state index in [1.54, 1.807) is 12.1 Å². The fraction of sp³-hybridized carbons (Fsp3) is 0.400. The molecular weight excluding hydrogens is 226 g/mol. The minimum Gasteiger partial charge on any atom is -0.478 e. The molecule has 0 radical (unpaired) electrons. The van der Waals surface area contributed by atoms with Crippen molar-refractivity contribution in [1.82, 2.24) is 0 Å². The zero-order chi connectivity index (χ0) is 13.0. The number of aromatic carboxylic acids is 1. The molecule has 0 fully saturated rings.